The Morgan fingerprint density at radius 3 is 2.15 bits per heavy atom. The van der Waals surface area contributed by atoms with E-state index in [9.17, 15) is 19.5 Å². The summed E-state index contributed by atoms with van der Waals surface area (Å²) in [6.45, 7) is 0.248. The molecule has 0 aromatic heterocycles. The van der Waals surface area contributed by atoms with Crippen molar-refractivity contribution in [3.05, 3.63) is 59.7 Å². The van der Waals surface area contributed by atoms with Gasteiger partial charge < -0.3 is 20.5 Å². The third kappa shape index (κ3) is 4.58. The van der Waals surface area contributed by atoms with Gasteiger partial charge in [0.25, 0.3) is 0 Å². The van der Waals surface area contributed by atoms with E-state index in [1.54, 1.807) is 0 Å². The van der Waals surface area contributed by atoms with Crippen LogP contribution in [0.25, 0.3) is 11.1 Å². The number of amides is 2. The lowest BCUT2D eigenvalue weighted by molar-refractivity contribution is -0.143. The predicted octanol–water partition coefficient (Wildman–Crippen LogP) is 3.67. The molecule has 3 N–H and O–H groups in total. The van der Waals surface area contributed by atoms with Crippen LogP contribution < -0.4 is 10.6 Å². The van der Waals surface area contributed by atoms with Crippen LogP contribution in [0.4, 0.5) is 4.79 Å². The van der Waals surface area contributed by atoms with E-state index >= 15 is 0 Å². The van der Waals surface area contributed by atoms with Crippen molar-refractivity contribution in [2.45, 2.75) is 50.1 Å². The van der Waals surface area contributed by atoms with Crippen molar-refractivity contribution in [2.24, 2.45) is 11.8 Å². The number of rotatable bonds is 8. The van der Waals surface area contributed by atoms with E-state index in [4.69, 9.17) is 4.74 Å². The largest absolute Gasteiger partial charge is 0.480 e. The lowest BCUT2D eigenvalue weighted by Gasteiger charge is -2.35. The third-order valence-electron chi connectivity index (χ3n) is 7.06. The Bertz CT molecular complexity index is 1030. The summed E-state index contributed by atoms with van der Waals surface area (Å²) in [5.41, 5.74) is 4.67. The number of carboxylic acid groups (broad SMARTS) is 1. The summed E-state index contributed by atoms with van der Waals surface area (Å²) in [5, 5.41) is 14.8. The fourth-order valence-electron chi connectivity index (χ4n) is 4.95. The number of hydrogen-bond acceptors (Lipinski definition) is 4. The van der Waals surface area contributed by atoms with Crippen LogP contribution in [0.3, 0.4) is 0 Å². The first-order valence-electron chi connectivity index (χ1n) is 11.6. The molecule has 7 heteroatoms. The van der Waals surface area contributed by atoms with Gasteiger partial charge in [-0.2, -0.15) is 0 Å². The van der Waals surface area contributed by atoms with E-state index in [0.29, 0.717) is 25.2 Å². The van der Waals surface area contributed by atoms with Crippen molar-refractivity contribution >= 4 is 18.0 Å². The Morgan fingerprint density at radius 1 is 0.970 bits per heavy atom. The number of carbonyl (C=O) groups excluding carboxylic acids is 2. The molecule has 7 nitrogen and oxygen atoms in total. The first-order valence-corrected chi connectivity index (χ1v) is 11.6. The third-order valence-corrected chi connectivity index (χ3v) is 7.06. The van der Waals surface area contributed by atoms with Gasteiger partial charge in [-0.15, -0.1) is 0 Å². The second-order valence-corrected chi connectivity index (χ2v) is 9.41. The molecule has 2 saturated carbocycles. The molecule has 0 heterocycles. The topological polar surface area (TPSA) is 105 Å². The molecule has 172 valence electrons. The van der Waals surface area contributed by atoms with Crippen molar-refractivity contribution in [3.63, 3.8) is 0 Å². The van der Waals surface area contributed by atoms with Crippen LogP contribution in [0.2, 0.25) is 0 Å². The van der Waals surface area contributed by atoms with E-state index in [-0.39, 0.29) is 30.4 Å². The maximum absolute atomic E-state index is 12.4. The van der Waals surface area contributed by atoms with Crippen molar-refractivity contribution < 1.29 is 24.2 Å². The highest BCUT2D eigenvalue weighted by atomic mass is 16.5. The van der Waals surface area contributed by atoms with Crippen LogP contribution in [-0.4, -0.2) is 41.8 Å². The lowest BCUT2D eigenvalue weighted by atomic mass is 9.79. The molecule has 0 bridgehead atoms. The fraction of sp³-hybridized carbons (Fsp3) is 0.423. The quantitative estimate of drug-likeness (QED) is 0.572. The summed E-state index contributed by atoms with van der Waals surface area (Å²) >= 11 is 0. The molecule has 3 aliphatic carbocycles. The number of ether oxygens (including phenoxy) is 1. The van der Waals surface area contributed by atoms with Gasteiger partial charge in [0.2, 0.25) is 5.91 Å². The molecule has 5 rings (SSSR count). The molecule has 1 atom stereocenters. The standard InChI is InChI=1S/C26H28N2O5/c29-24(28-23(25(30)31)11-15-9-10-15)16-12-17(13-16)27-26(32)33-14-22-20-7-3-1-5-18(20)19-6-2-4-8-21(19)22/h1-8,15-17,22-23H,9-14H2,(H,27,32)(H,28,29)(H,30,31)/t16?,17?,23-/m0/s1. The van der Waals surface area contributed by atoms with Gasteiger partial charge in [0.1, 0.15) is 12.6 Å². The monoisotopic (exact) mass is 448 g/mol. The van der Waals surface area contributed by atoms with E-state index < -0.39 is 18.1 Å². The minimum absolute atomic E-state index is 0.00230. The molecule has 0 saturated heterocycles. The van der Waals surface area contributed by atoms with Crippen LogP contribution in [0, 0.1) is 11.8 Å². The van der Waals surface area contributed by atoms with Gasteiger partial charge in [0.05, 0.1) is 0 Å². The molecule has 3 aliphatic rings. The second kappa shape index (κ2) is 8.89. The fourth-order valence-corrected chi connectivity index (χ4v) is 4.95. The Hall–Kier alpha value is -3.35. The molecule has 0 unspecified atom stereocenters. The first kappa shape index (κ1) is 21.5. The first-order chi connectivity index (χ1) is 16.0. The second-order valence-electron chi connectivity index (χ2n) is 9.41. The summed E-state index contributed by atoms with van der Waals surface area (Å²) in [6, 6.07) is 15.4. The van der Waals surface area contributed by atoms with Crippen LogP contribution in [0.15, 0.2) is 48.5 Å². The smallest absolute Gasteiger partial charge is 0.407 e. The number of nitrogens with one attached hydrogen (secondary N) is 2. The Kier molecular flexibility index (Phi) is 5.79. The minimum Gasteiger partial charge on any atom is -0.480 e. The molecule has 0 aliphatic heterocycles. The zero-order valence-corrected chi connectivity index (χ0v) is 18.3. The Morgan fingerprint density at radius 2 is 1.58 bits per heavy atom. The van der Waals surface area contributed by atoms with Gasteiger partial charge >= 0.3 is 12.1 Å². The van der Waals surface area contributed by atoms with Crippen molar-refractivity contribution in [2.75, 3.05) is 6.61 Å². The molecule has 33 heavy (non-hydrogen) atoms. The highest BCUT2D eigenvalue weighted by Crippen LogP contribution is 2.44. The van der Waals surface area contributed by atoms with Gasteiger partial charge in [0, 0.05) is 17.9 Å². The molecular formula is C26H28N2O5. The van der Waals surface area contributed by atoms with Crippen molar-refractivity contribution in [1.82, 2.24) is 10.6 Å². The zero-order valence-electron chi connectivity index (χ0n) is 18.3. The molecule has 2 fully saturated rings. The zero-order chi connectivity index (χ0) is 22.9. The highest BCUT2D eigenvalue weighted by molar-refractivity contribution is 5.86. The summed E-state index contributed by atoms with van der Waals surface area (Å²) in [5.74, 6) is -1.08. The summed E-state index contributed by atoms with van der Waals surface area (Å²) in [6.07, 6.45) is 3.06. The van der Waals surface area contributed by atoms with Gasteiger partial charge in [0.15, 0.2) is 0 Å². The Labute approximate surface area is 192 Å². The molecule has 2 aromatic rings. The van der Waals surface area contributed by atoms with Crippen LogP contribution in [-0.2, 0) is 14.3 Å². The number of carbonyl (C=O) groups is 3. The molecule has 2 amide bonds. The summed E-state index contributed by atoms with van der Waals surface area (Å²) < 4.78 is 5.56. The van der Waals surface area contributed by atoms with Crippen molar-refractivity contribution in [1.29, 1.82) is 0 Å². The maximum Gasteiger partial charge on any atom is 0.407 e. The molecular weight excluding hydrogens is 420 g/mol. The van der Waals surface area contributed by atoms with Crippen LogP contribution >= 0.6 is 0 Å². The van der Waals surface area contributed by atoms with Crippen LogP contribution in [0.5, 0.6) is 0 Å². The lowest BCUT2D eigenvalue weighted by Crippen LogP contribution is -2.52. The van der Waals surface area contributed by atoms with E-state index in [1.807, 2.05) is 24.3 Å². The van der Waals surface area contributed by atoms with E-state index in [0.717, 1.165) is 24.0 Å². The van der Waals surface area contributed by atoms with Gasteiger partial charge in [-0.3, -0.25) is 4.79 Å². The molecule has 0 radical (unpaired) electrons. The molecule has 0 spiro atoms. The van der Waals surface area contributed by atoms with Gasteiger partial charge in [-0.25, -0.2) is 9.59 Å². The normalized spacial score (nSPS) is 21.8. The SMILES string of the molecule is O=C(NC1CC(C(=O)N[C@@H](CC2CC2)C(=O)O)C1)OCC1c2ccccc2-c2ccccc21. The number of fused-ring (bicyclic) bond motifs is 3. The summed E-state index contributed by atoms with van der Waals surface area (Å²) in [7, 11) is 0. The highest BCUT2D eigenvalue weighted by Gasteiger charge is 2.38. The average Bonchev–Trinajstić information content (AvgIpc) is 3.54. The van der Waals surface area contributed by atoms with E-state index in [1.165, 1.54) is 11.1 Å². The minimum atomic E-state index is -0.983. The van der Waals surface area contributed by atoms with Crippen LogP contribution in [0.1, 0.15) is 49.1 Å². The van der Waals surface area contributed by atoms with E-state index in [2.05, 4.69) is 34.9 Å². The average molecular weight is 449 g/mol. The summed E-state index contributed by atoms with van der Waals surface area (Å²) in [4.78, 5) is 36.2. The number of aliphatic carboxylic acids is 1. The number of alkyl carbamates (subject to hydrolysis) is 1. The van der Waals surface area contributed by atoms with Gasteiger partial charge in [-0.05, 0) is 47.4 Å². The number of carboxylic acids is 1. The Balaban J connectivity index is 1.09. The number of hydrogen-bond donors (Lipinski definition) is 3. The number of benzene rings is 2. The molecule has 2 aromatic carbocycles. The predicted molar refractivity (Wildman–Crippen MR) is 122 cm³/mol. The van der Waals surface area contributed by atoms with Gasteiger partial charge in [-0.1, -0.05) is 61.4 Å². The van der Waals surface area contributed by atoms with Crippen molar-refractivity contribution in [3.8, 4) is 11.1 Å². The maximum atomic E-state index is 12.4.